The van der Waals surface area contributed by atoms with E-state index in [1.54, 1.807) is 6.26 Å². The molecule has 0 atom stereocenters. The van der Waals surface area contributed by atoms with E-state index in [2.05, 4.69) is 147 Å². The van der Waals surface area contributed by atoms with Crippen LogP contribution in [0.3, 0.4) is 0 Å². The molecule has 226 valence electrons. The van der Waals surface area contributed by atoms with Crippen molar-refractivity contribution in [3.05, 3.63) is 137 Å². The number of aromatic nitrogens is 2. The Balaban J connectivity index is 1.54. The lowest BCUT2D eigenvalue weighted by Crippen LogP contribution is -2.36. The summed E-state index contributed by atoms with van der Waals surface area (Å²) in [5.41, 5.74) is 14.6. The van der Waals surface area contributed by atoms with Crippen LogP contribution >= 0.6 is 0 Å². The van der Waals surface area contributed by atoms with Crippen molar-refractivity contribution in [2.75, 3.05) is 0 Å². The molecular formula is C42H38N3O+. The normalized spacial score (nSPS) is 11.6. The van der Waals surface area contributed by atoms with Crippen molar-refractivity contribution >= 4 is 27.7 Å². The van der Waals surface area contributed by atoms with E-state index >= 15 is 0 Å². The molecule has 0 unspecified atom stereocenters. The van der Waals surface area contributed by atoms with Crippen LogP contribution < -0.4 is 4.57 Å². The maximum Gasteiger partial charge on any atom is 0.295 e. The number of aryl methyl sites for hydroxylation is 2. The molecule has 2 heterocycles. The summed E-state index contributed by atoms with van der Waals surface area (Å²) in [7, 11) is 2.12. The van der Waals surface area contributed by atoms with Crippen molar-refractivity contribution in [1.82, 2.24) is 4.57 Å². The lowest BCUT2D eigenvalue weighted by atomic mass is 9.87. The van der Waals surface area contributed by atoms with E-state index in [4.69, 9.17) is 11.0 Å². The first-order valence-electron chi connectivity index (χ1n) is 16.0. The molecule has 7 aromatic rings. The third-order valence-corrected chi connectivity index (χ3v) is 9.25. The van der Waals surface area contributed by atoms with Crippen molar-refractivity contribution in [3.8, 4) is 39.3 Å². The zero-order valence-corrected chi connectivity index (χ0v) is 27.3. The highest BCUT2D eigenvalue weighted by Gasteiger charge is 2.33. The van der Waals surface area contributed by atoms with Gasteiger partial charge in [-0.1, -0.05) is 94.4 Å². The summed E-state index contributed by atoms with van der Waals surface area (Å²) in [5.74, 6) is 1.60. The number of furan rings is 1. The Kier molecular flexibility index (Phi) is 7.34. The van der Waals surface area contributed by atoms with Gasteiger partial charge >= 0.3 is 0 Å². The molecule has 0 spiro atoms. The first-order valence-corrected chi connectivity index (χ1v) is 16.0. The fourth-order valence-corrected chi connectivity index (χ4v) is 6.84. The number of benzene rings is 5. The summed E-state index contributed by atoms with van der Waals surface area (Å²) in [5, 5.41) is 1.08. The Morgan fingerprint density at radius 1 is 0.717 bits per heavy atom. The molecule has 2 aromatic heterocycles. The third-order valence-electron chi connectivity index (χ3n) is 9.25. The molecule has 0 aliphatic carbocycles. The van der Waals surface area contributed by atoms with Crippen LogP contribution in [-0.2, 0) is 7.05 Å². The van der Waals surface area contributed by atoms with Gasteiger partial charge in [0.05, 0.1) is 25.4 Å². The molecule has 46 heavy (non-hydrogen) atoms. The second-order valence-corrected chi connectivity index (χ2v) is 12.8. The van der Waals surface area contributed by atoms with E-state index in [0.29, 0.717) is 5.69 Å². The topological polar surface area (TPSA) is 26.3 Å². The predicted molar refractivity (Wildman–Crippen MR) is 190 cm³/mol. The Morgan fingerprint density at radius 2 is 1.35 bits per heavy atom. The molecule has 4 heteroatoms. The minimum absolute atomic E-state index is 0.264. The van der Waals surface area contributed by atoms with Gasteiger partial charge in [-0.15, -0.1) is 0 Å². The van der Waals surface area contributed by atoms with E-state index < -0.39 is 0 Å². The van der Waals surface area contributed by atoms with E-state index in [1.807, 2.05) is 12.1 Å². The number of fused-ring (bicyclic) bond motifs is 2. The highest BCUT2D eigenvalue weighted by molar-refractivity contribution is 5.95. The predicted octanol–water partition coefficient (Wildman–Crippen LogP) is 11.3. The standard InChI is InChI=1S/C42H38N3O/c1-26(2)35-23-32(31-16-14-30(15-17-31)29-11-9-8-10-12-29)24-36(27(3)4)41(35)45-37-19-18-33(43-6)25-38(37)44(7)42(45)40-28(5)13-20-39-34(40)21-22-46-39/h8-27H,1-5,7H3/q+1. The van der Waals surface area contributed by atoms with E-state index in [1.165, 1.54) is 44.6 Å². The van der Waals surface area contributed by atoms with Crippen molar-refractivity contribution in [1.29, 1.82) is 0 Å². The summed E-state index contributed by atoms with van der Waals surface area (Å²) in [6.45, 7) is 19.1. The SMILES string of the molecule is [C-]#[N+]c1ccc2c(c1)n(C)c(-c1c(C)ccc3occc13)[n+]2-c1c(C(C)C)cc(-c2ccc(-c3ccccc3)cc2)cc1C(C)C. The van der Waals surface area contributed by atoms with Gasteiger partial charge in [0.15, 0.2) is 16.7 Å². The molecular weight excluding hydrogens is 562 g/mol. The fourth-order valence-electron chi connectivity index (χ4n) is 6.84. The molecule has 0 aliphatic heterocycles. The molecule has 0 saturated carbocycles. The van der Waals surface area contributed by atoms with Crippen LogP contribution in [0.25, 0.3) is 66.2 Å². The molecule has 0 N–H and O–H groups in total. The van der Waals surface area contributed by atoms with Gasteiger partial charge in [0.1, 0.15) is 11.3 Å². The Labute approximate surface area is 271 Å². The lowest BCUT2D eigenvalue weighted by Gasteiger charge is -2.21. The van der Waals surface area contributed by atoms with Crippen LogP contribution in [0.5, 0.6) is 0 Å². The zero-order valence-electron chi connectivity index (χ0n) is 27.3. The highest BCUT2D eigenvalue weighted by Crippen LogP contribution is 2.39. The maximum atomic E-state index is 7.74. The monoisotopic (exact) mass is 600 g/mol. The number of imidazole rings is 1. The number of hydrogen-bond donors (Lipinski definition) is 0. The summed E-state index contributed by atoms with van der Waals surface area (Å²) >= 11 is 0. The van der Waals surface area contributed by atoms with Crippen molar-refractivity contribution in [3.63, 3.8) is 0 Å². The number of nitrogens with zero attached hydrogens (tertiary/aromatic N) is 3. The number of rotatable bonds is 6. The molecule has 0 aliphatic rings. The van der Waals surface area contributed by atoms with Gasteiger partial charge < -0.3 is 4.42 Å². The Bertz CT molecular complexity index is 2250. The first-order chi connectivity index (χ1) is 22.3. The minimum atomic E-state index is 0.264. The van der Waals surface area contributed by atoms with Gasteiger partial charge in [-0.3, -0.25) is 0 Å². The van der Waals surface area contributed by atoms with Crippen molar-refractivity contribution in [2.45, 2.75) is 46.5 Å². The molecule has 7 rings (SSSR count). The molecule has 0 saturated heterocycles. The Hall–Kier alpha value is -5.40. The largest absolute Gasteiger partial charge is 0.464 e. The van der Waals surface area contributed by atoms with E-state index in [9.17, 15) is 0 Å². The maximum absolute atomic E-state index is 7.74. The van der Waals surface area contributed by atoms with Crippen LogP contribution in [0.4, 0.5) is 5.69 Å². The minimum Gasteiger partial charge on any atom is -0.464 e. The molecule has 5 aromatic carbocycles. The zero-order chi connectivity index (χ0) is 32.1. The van der Waals surface area contributed by atoms with Crippen LogP contribution in [-0.4, -0.2) is 4.57 Å². The second-order valence-electron chi connectivity index (χ2n) is 12.8. The molecule has 0 fully saturated rings. The lowest BCUT2D eigenvalue weighted by molar-refractivity contribution is -0.557. The van der Waals surface area contributed by atoms with Gasteiger partial charge in [0.2, 0.25) is 0 Å². The van der Waals surface area contributed by atoms with Crippen LogP contribution in [0.2, 0.25) is 0 Å². The van der Waals surface area contributed by atoms with Gasteiger partial charge in [0.25, 0.3) is 5.82 Å². The molecule has 0 bridgehead atoms. The van der Waals surface area contributed by atoms with E-state index in [-0.39, 0.29) is 11.8 Å². The third kappa shape index (κ3) is 4.80. The molecule has 4 nitrogen and oxygen atoms in total. The van der Waals surface area contributed by atoms with Crippen LogP contribution in [0.15, 0.2) is 114 Å². The van der Waals surface area contributed by atoms with E-state index in [0.717, 1.165) is 33.4 Å². The van der Waals surface area contributed by atoms with Crippen LogP contribution in [0.1, 0.15) is 56.2 Å². The summed E-state index contributed by atoms with van der Waals surface area (Å²) < 4.78 is 10.6. The Morgan fingerprint density at radius 3 is 1.98 bits per heavy atom. The quantitative estimate of drug-likeness (QED) is 0.138. The van der Waals surface area contributed by atoms with Gasteiger partial charge in [-0.05, 0) is 83.0 Å². The summed E-state index contributed by atoms with van der Waals surface area (Å²) in [6, 6.07) is 36.6. The van der Waals surface area contributed by atoms with Gasteiger partial charge in [-0.25, -0.2) is 9.41 Å². The highest BCUT2D eigenvalue weighted by atomic mass is 16.3. The van der Waals surface area contributed by atoms with Crippen molar-refractivity contribution in [2.24, 2.45) is 7.05 Å². The fraction of sp³-hybridized carbons (Fsp3) is 0.190. The van der Waals surface area contributed by atoms with Crippen molar-refractivity contribution < 1.29 is 8.98 Å². The first kappa shape index (κ1) is 29.3. The smallest absolute Gasteiger partial charge is 0.295 e. The number of hydrogen-bond acceptors (Lipinski definition) is 1. The molecule has 0 radical (unpaired) electrons. The average Bonchev–Trinajstić information content (AvgIpc) is 3.66. The van der Waals surface area contributed by atoms with Crippen LogP contribution in [0, 0.1) is 13.5 Å². The summed E-state index contributed by atoms with van der Waals surface area (Å²) in [6.07, 6.45) is 1.77. The van der Waals surface area contributed by atoms with Gasteiger partial charge in [-0.2, -0.15) is 4.57 Å². The summed E-state index contributed by atoms with van der Waals surface area (Å²) in [4.78, 5) is 3.78. The van der Waals surface area contributed by atoms with Gasteiger partial charge in [0, 0.05) is 16.5 Å². The average molecular weight is 601 g/mol. The second kappa shape index (κ2) is 11.5. The molecule has 0 amide bonds.